The number of thioether (sulfide) groups is 1. The summed E-state index contributed by atoms with van der Waals surface area (Å²) in [6.07, 6.45) is 2.14. The molecule has 0 amide bonds. The molecule has 0 saturated heterocycles. The van der Waals surface area contributed by atoms with E-state index in [1.54, 1.807) is 0 Å². The highest BCUT2D eigenvalue weighted by Gasteiger charge is 2.21. The lowest BCUT2D eigenvalue weighted by molar-refractivity contribution is 0.203. The largest absolute Gasteiger partial charge is 0.329 e. The molecule has 0 radical (unpaired) electrons. The first kappa shape index (κ1) is 15.0. The molecule has 0 spiro atoms. The Balaban J connectivity index is 2.88. The van der Waals surface area contributed by atoms with E-state index in [0.717, 1.165) is 10.2 Å². The fourth-order valence-corrected chi connectivity index (χ4v) is 3.19. The van der Waals surface area contributed by atoms with E-state index < -0.39 is 0 Å². The summed E-state index contributed by atoms with van der Waals surface area (Å²) in [5, 5.41) is 0. The van der Waals surface area contributed by atoms with Crippen molar-refractivity contribution in [2.24, 2.45) is 5.73 Å². The third kappa shape index (κ3) is 3.98. The van der Waals surface area contributed by atoms with E-state index in [-0.39, 0.29) is 6.04 Å². The zero-order valence-corrected chi connectivity index (χ0v) is 13.1. The smallest absolute Gasteiger partial charge is 0.0481 e. The highest BCUT2D eigenvalue weighted by molar-refractivity contribution is 9.10. The monoisotopic (exact) mass is 316 g/mol. The summed E-state index contributed by atoms with van der Waals surface area (Å²) < 4.78 is 1.14. The lowest BCUT2D eigenvalue weighted by atomic mass is 10.0. The minimum Gasteiger partial charge on any atom is -0.329 e. The van der Waals surface area contributed by atoms with Gasteiger partial charge in [-0.25, -0.2) is 0 Å². The van der Waals surface area contributed by atoms with Crippen molar-refractivity contribution in [3.8, 4) is 0 Å². The Morgan fingerprint density at radius 2 is 2.06 bits per heavy atom. The quantitative estimate of drug-likeness (QED) is 0.874. The van der Waals surface area contributed by atoms with Crippen molar-refractivity contribution >= 4 is 27.7 Å². The Kier molecular flexibility index (Phi) is 6.55. The zero-order chi connectivity index (χ0) is 12.8. The summed E-state index contributed by atoms with van der Waals surface area (Å²) in [6, 6.07) is 9.11. The van der Waals surface area contributed by atoms with Gasteiger partial charge in [0.25, 0.3) is 0 Å². The van der Waals surface area contributed by atoms with Crippen molar-refractivity contribution in [3.63, 3.8) is 0 Å². The summed E-state index contributed by atoms with van der Waals surface area (Å²) in [5.41, 5.74) is 7.21. The van der Waals surface area contributed by atoms with E-state index in [1.165, 1.54) is 5.56 Å². The van der Waals surface area contributed by atoms with Gasteiger partial charge in [0.05, 0.1) is 0 Å². The van der Waals surface area contributed by atoms with E-state index >= 15 is 0 Å². The number of rotatable bonds is 6. The molecule has 1 aromatic carbocycles. The first-order valence-electron chi connectivity index (χ1n) is 5.77. The van der Waals surface area contributed by atoms with Gasteiger partial charge in [-0.05, 0) is 31.9 Å². The minimum atomic E-state index is 0.271. The number of likely N-dealkylation sites (N-methyl/N-ethyl adjacent to an activating group) is 1. The van der Waals surface area contributed by atoms with Crippen LogP contribution in [0.15, 0.2) is 28.7 Å². The van der Waals surface area contributed by atoms with Crippen molar-refractivity contribution in [3.05, 3.63) is 34.3 Å². The van der Waals surface area contributed by atoms with Gasteiger partial charge in [0, 0.05) is 28.9 Å². The van der Waals surface area contributed by atoms with Crippen LogP contribution < -0.4 is 5.73 Å². The molecule has 1 rings (SSSR count). The van der Waals surface area contributed by atoms with Crippen molar-refractivity contribution in [2.75, 3.05) is 25.6 Å². The molecule has 0 aliphatic rings. The zero-order valence-electron chi connectivity index (χ0n) is 10.7. The molecule has 2 N–H and O–H groups in total. The van der Waals surface area contributed by atoms with Crippen molar-refractivity contribution in [1.82, 2.24) is 4.90 Å². The normalized spacial score (nSPS) is 14.9. The van der Waals surface area contributed by atoms with Gasteiger partial charge in [0.1, 0.15) is 0 Å². The second kappa shape index (κ2) is 7.41. The maximum Gasteiger partial charge on any atom is 0.0481 e. The van der Waals surface area contributed by atoms with Crippen LogP contribution in [0.1, 0.15) is 18.5 Å². The number of hydrogen-bond acceptors (Lipinski definition) is 3. The molecule has 96 valence electrons. The van der Waals surface area contributed by atoms with Gasteiger partial charge in [0.2, 0.25) is 0 Å². The van der Waals surface area contributed by atoms with Gasteiger partial charge in [-0.15, -0.1) is 0 Å². The number of hydrogen-bond donors (Lipinski definition) is 1. The number of nitrogens with zero attached hydrogens (tertiary/aromatic N) is 1. The third-order valence-corrected chi connectivity index (χ3v) is 4.62. The first-order valence-corrected chi connectivity index (χ1v) is 7.95. The first-order chi connectivity index (χ1) is 8.11. The molecule has 0 aliphatic carbocycles. The maximum absolute atomic E-state index is 5.94. The molecule has 4 heteroatoms. The molecule has 2 unspecified atom stereocenters. The molecule has 2 nitrogen and oxygen atoms in total. The topological polar surface area (TPSA) is 29.3 Å². The van der Waals surface area contributed by atoms with Crippen LogP contribution in [0.5, 0.6) is 0 Å². The Hall–Kier alpha value is -0.0300. The molecule has 2 atom stereocenters. The Labute approximate surface area is 117 Å². The lowest BCUT2D eigenvalue weighted by Crippen LogP contribution is -2.38. The van der Waals surface area contributed by atoms with Gasteiger partial charge >= 0.3 is 0 Å². The van der Waals surface area contributed by atoms with E-state index in [4.69, 9.17) is 5.73 Å². The van der Waals surface area contributed by atoms with Gasteiger partial charge in [-0.1, -0.05) is 34.1 Å². The van der Waals surface area contributed by atoms with E-state index in [0.29, 0.717) is 12.6 Å². The van der Waals surface area contributed by atoms with Crippen molar-refractivity contribution in [2.45, 2.75) is 19.0 Å². The van der Waals surface area contributed by atoms with Crippen LogP contribution in [-0.2, 0) is 0 Å². The number of halogens is 1. The van der Waals surface area contributed by atoms with Gasteiger partial charge in [0.15, 0.2) is 0 Å². The van der Waals surface area contributed by atoms with Crippen LogP contribution in [0.25, 0.3) is 0 Å². The molecule has 17 heavy (non-hydrogen) atoms. The van der Waals surface area contributed by atoms with Gasteiger partial charge in [-0.2, -0.15) is 11.8 Å². The summed E-state index contributed by atoms with van der Waals surface area (Å²) in [4.78, 5) is 2.36. The molecule has 1 aromatic rings. The molecule has 0 aliphatic heterocycles. The Morgan fingerprint density at radius 1 is 1.41 bits per heavy atom. The molecule has 0 aromatic heterocycles. The highest BCUT2D eigenvalue weighted by atomic mass is 79.9. The fourth-order valence-electron chi connectivity index (χ4n) is 1.92. The molecule has 0 heterocycles. The predicted molar refractivity (Wildman–Crippen MR) is 81.5 cm³/mol. The van der Waals surface area contributed by atoms with Crippen LogP contribution in [0.2, 0.25) is 0 Å². The predicted octanol–water partition coefficient (Wildman–Crippen LogP) is 3.13. The van der Waals surface area contributed by atoms with Gasteiger partial charge in [-0.3, -0.25) is 4.90 Å². The average Bonchev–Trinajstić information content (AvgIpc) is 2.32. The summed E-state index contributed by atoms with van der Waals surface area (Å²) in [6.45, 7) is 2.88. The molecular formula is C13H21BrN2S. The maximum atomic E-state index is 5.94. The highest BCUT2D eigenvalue weighted by Crippen LogP contribution is 2.27. The fraction of sp³-hybridized carbons (Fsp3) is 0.538. The van der Waals surface area contributed by atoms with Crippen LogP contribution in [0.4, 0.5) is 0 Å². The Morgan fingerprint density at radius 3 is 2.59 bits per heavy atom. The summed E-state index contributed by atoms with van der Waals surface area (Å²) in [5.74, 6) is 1.12. The Bertz CT molecular complexity index is 346. The number of nitrogens with two attached hydrogens (primary N) is 1. The lowest BCUT2D eigenvalue weighted by Gasteiger charge is -2.33. The van der Waals surface area contributed by atoms with Crippen LogP contribution in [0.3, 0.4) is 0 Å². The van der Waals surface area contributed by atoms with E-state index in [2.05, 4.69) is 59.3 Å². The van der Waals surface area contributed by atoms with Gasteiger partial charge < -0.3 is 5.73 Å². The third-order valence-electron chi connectivity index (χ3n) is 3.08. The molecule has 0 bridgehead atoms. The van der Waals surface area contributed by atoms with Crippen molar-refractivity contribution < 1.29 is 0 Å². The SMILES string of the molecule is CSCC(C)N(C)C(CN)c1ccccc1Br. The second-order valence-corrected chi connectivity index (χ2v) is 6.01. The summed E-state index contributed by atoms with van der Waals surface area (Å²) in [7, 11) is 2.15. The molecular weight excluding hydrogens is 296 g/mol. The van der Waals surface area contributed by atoms with E-state index in [1.807, 2.05) is 17.8 Å². The standard InChI is InChI=1S/C13H21BrN2S/c1-10(9-17-3)16(2)13(8-15)11-6-4-5-7-12(11)14/h4-7,10,13H,8-9,15H2,1-3H3. The van der Waals surface area contributed by atoms with Crippen LogP contribution in [0, 0.1) is 0 Å². The summed E-state index contributed by atoms with van der Waals surface area (Å²) >= 11 is 5.48. The van der Waals surface area contributed by atoms with Crippen molar-refractivity contribution in [1.29, 1.82) is 0 Å². The minimum absolute atomic E-state index is 0.271. The second-order valence-electron chi connectivity index (χ2n) is 4.24. The molecule has 0 fully saturated rings. The van der Waals surface area contributed by atoms with E-state index in [9.17, 15) is 0 Å². The molecule has 0 saturated carbocycles. The van der Waals surface area contributed by atoms with Crippen LogP contribution >= 0.6 is 27.7 Å². The average molecular weight is 317 g/mol. The van der Waals surface area contributed by atoms with Crippen LogP contribution in [-0.4, -0.2) is 36.5 Å². The number of benzene rings is 1.